The summed E-state index contributed by atoms with van der Waals surface area (Å²) < 4.78 is 0. The molecule has 0 aliphatic carbocycles. The van der Waals surface area contributed by atoms with Gasteiger partial charge in [0, 0.05) is 0 Å². The average molecular weight is 152 g/mol. The predicted octanol–water partition coefficient (Wildman–Crippen LogP) is 1.08. The van der Waals surface area contributed by atoms with Crippen LogP contribution < -0.4 is 0 Å². The first kappa shape index (κ1) is 10.2. The van der Waals surface area contributed by atoms with Crippen LogP contribution in [0.25, 0.3) is 0 Å². The third-order valence-electron chi connectivity index (χ3n) is 1.19. The van der Waals surface area contributed by atoms with Gasteiger partial charge in [-0.15, -0.1) is 0 Å². The fourth-order valence-corrected chi connectivity index (χ4v) is 0.570. The molecule has 0 aromatic carbocycles. The molecule has 0 bridgehead atoms. The molecule has 2 N–H and O–H groups in total. The molecule has 60 valence electrons. The lowest BCUT2D eigenvalue weighted by molar-refractivity contribution is 0.420. The van der Waals surface area contributed by atoms with Crippen molar-refractivity contribution in [3.8, 4) is 0 Å². The lowest BCUT2D eigenvalue weighted by Crippen LogP contribution is -2.13. The van der Waals surface area contributed by atoms with Crippen LogP contribution in [0.1, 0.15) is 13.8 Å². The summed E-state index contributed by atoms with van der Waals surface area (Å²) in [6, 6.07) is 0. The monoisotopic (exact) mass is 152 g/mol. The fraction of sp³-hybridized carbons (Fsp3) is 0.250. The van der Waals surface area contributed by atoms with Crippen LogP contribution in [0, 0.1) is 0 Å². The van der Waals surface area contributed by atoms with Crippen molar-refractivity contribution in [2.45, 2.75) is 13.8 Å². The number of allylic oxidation sites excluding steroid dienone is 5. The zero-order valence-corrected chi connectivity index (χ0v) is 6.91. The molecule has 0 atom stereocenters. The van der Waals surface area contributed by atoms with Crippen LogP contribution in [-0.4, -0.2) is 17.2 Å². The van der Waals surface area contributed by atoms with E-state index < -0.39 is 7.12 Å². The number of hydrogen-bond acceptors (Lipinski definition) is 2. The topological polar surface area (TPSA) is 40.5 Å². The first-order chi connectivity index (χ1) is 5.07. The Morgan fingerprint density at radius 1 is 1.36 bits per heavy atom. The highest BCUT2D eigenvalue weighted by Crippen LogP contribution is 2.00. The van der Waals surface area contributed by atoms with Crippen LogP contribution in [0.2, 0.25) is 0 Å². The largest absolute Gasteiger partial charge is 0.488 e. The smallest absolute Gasteiger partial charge is 0.423 e. The second kappa shape index (κ2) is 4.94. The minimum absolute atomic E-state index is 0.480. The van der Waals surface area contributed by atoms with E-state index in [9.17, 15) is 0 Å². The Kier molecular flexibility index (Phi) is 4.58. The SMILES string of the molecule is C=C(C)/C=C\C(=C/C)B(O)O. The van der Waals surface area contributed by atoms with Crippen LogP contribution in [-0.2, 0) is 0 Å². The summed E-state index contributed by atoms with van der Waals surface area (Å²) in [7, 11) is -1.39. The molecular formula is C8H13BO2. The first-order valence-electron chi connectivity index (χ1n) is 3.44. The molecule has 2 nitrogen and oxygen atoms in total. The van der Waals surface area contributed by atoms with Crippen LogP contribution in [0.3, 0.4) is 0 Å². The van der Waals surface area contributed by atoms with Gasteiger partial charge >= 0.3 is 7.12 Å². The maximum absolute atomic E-state index is 8.73. The van der Waals surface area contributed by atoms with Gasteiger partial charge in [0.15, 0.2) is 0 Å². The normalized spacial score (nSPS) is 12.2. The number of rotatable bonds is 3. The molecule has 0 aliphatic rings. The highest BCUT2D eigenvalue weighted by atomic mass is 16.4. The van der Waals surface area contributed by atoms with E-state index in [2.05, 4.69) is 6.58 Å². The predicted molar refractivity (Wildman–Crippen MR) is 47.9 cm³/mol. The van der Waals surface area contributed by atoms with Crippen LogP contribution in [0.4, 0.5) is 0 Å². The maximum atomic E-state index is 8.73. The summed E-state index contributed by atoms with van der Waals surface area (Å²) in [5.74, 6) is 0. The van der Waals surface area contributed by atoms with Crippen molar-refractivity contribution in [2.24, 2.45) is 0 Å². The highest BCUT2D eigenvalue weighted by molar-refractivity contribution is 6.51. The van der Waals surface area contributed by atoms with Gasteiger partial charge in [-0.1, -0.05) is 30.4 Å². The second-order valence-electron chi connectivity index (χ2n) is 2.34. The third kappa shape index (κ3) is 4.59. The number of hydrogen-bond donors (Lipinski definition) is 2. The molecule has 0 saturated heterocycles. The molecule has 0 aromatic heterocycles. The minimum atomic E-state index is -1.39. The standard InChI is InChI=1S/C8H13BO2/c1-4-8(9(10)11)6-5-7(2)3/h4-6,10-11H,2H2,1,3H3/b6-5-,8-4+. The Balaban J connectivity index is 4.22. The van der Waals surface area contributed by atoms with E-state index in [-0.39, 0.29) is 0 Å². The second-order valence-corrected chi connectivity index (χ2v) is 2.34. The molecule has 0 saturated carbocycles. The van der Waals surface area contributed by atoms with Crippen molar-refractivity contribution in [3.63, 3.8) is 0 Å². The van der Waals surface area contributed by atoms with Gasteiger partial charge in [-0.25, -0.2) is 0 Å². The van der Waals surface area contributed by atoms with E-state index in [4.69, 9.17) is 10.0 Å². The van der Waals surface area contributed by atoms with E-state index in [1.54, 1.807) is 25.2 Å². The molecule has 0 fully saturated rings. The lowest BCUT2D eigenvalue weighted by Gasteiger charge is -1.96. The van der Waals surface area contributed by atoms with Crippen molar-refractivity contribution in [3.05, 3.63) is 35.9 Å². The van der Waals surface area contributed by atoms with E-state index in [1.165, 1.54) is 0 Å². The Bertz CT molecular complexity index is 192. The van der Waals surface area contributed by atoms with Crippen LogP contribution >= 0.6 is 0 Å². The molecule has 0 heterocycles. The van der Waals surface area contributed by atoms with Gasteiger partial charge in [-0.3, -0.25) is 0 Å². The molecular weight excluding hydrogens is 139 g/mol. The van der Waals surface area contributed by atoms with Gasteiger partial charge in [-0.05, 0) is 19.3 Å². The molecule has 0 unspecified atom stereocenters. The van der Waals surface area contributed by atoms with Crippen molar-refractivity contribution in [1.82, 2.24) is 0 Å². The van der Waals surface area contributed by atoms with Crippen molar-refractivity contribution < 1.29 is 10.0 Å². The van der Waals surface area contributed by atoms with Crippen molar-refractivity contribution in [2.75, 3.05) is 0 Å². The third-order valence-corrected chi connectivity index (χ3v) is 1.19. The zero-order chi connectivity index (χ0) is 8.85. The Labute approximate surface area is 67.7 Å². The molecule has 0 rings (SSSR count). The highest BCUT2D eigenvalue weighted by Gasteiger charge is 2.09. The van der Waals surface area contributed by atoms with E-state index >= 15 is 0 Å². The fourth-order valence-electron chi connectivity index (χ4n) is 0.570. The quantitative estimate of drug-likeness (QED) is 0.469. The van der Waals surface area contributed by atoms with E-state index in [0.717, 1.165) is 5.57 Å². The van der Waals surface area contributed by atoms with E-state index in [1.807, 2.05) is 6.92 Å². The van der Waals surface area contributed by atoms with Crippen LogP contribution in [0.5, 0.6) is 0 Å². The Morgan fingerprint density at radius 2 is 1.91 bits per heavy atom. The summed E-state index contributed by atoms with van der Waals surface area (Å²) >= 11 is 0. The molecule has 3 heteroatoms. The summed E-state index contributed by atoms with van der Waals surface area (Å²) in [6.45, 7) is 7.23. The average Bonchev–Trinajstić information content (AvgIpc) is 1.87. The minimum Gasteiger partial charge on any atom is -0.423 e. The molecule has 0 aliphatic heterocycles. The van der Waals surface area contributed by atoms with Crippen molar-refractivity contribution >= 4 is 7.12 Å². The molecule has 0 radical (unpaired) electrons. The first-order valence-corrected chi connectivity index (χ1v) is 3.44. The van der Waals surface area contributed by atoms with Crippen molar-refractivity contribution in [1.29, 1.82) is 0 Å². The summed E-state index contributed by atoms with van der Waals surface area (Å²) in [4.78, 5) is 0. The Hall–Kier alpha value is -0.795. The lowest BCUT2D eigenvalue weighted by atomic mass is 9.79. The van der Waals surface area contributed by atoms with Gasteiger partial charge in [0.05, 0.1) is 0 Å². The maximum Gasteiger partial charge on any atom is 0.488 e. The van der Waals surface area contributed by atoms with Gasteiger partial charge in [0.1, 0.15) is 0 Å². The molecule has 0 spiro atoms. The molecule has 0 amide bonds. The van der Waals surface area contributed by atoms with Crippen LogP contribution in [0.15, 0.2) is 35.9 Å². The summed E-state index contributed by atoms with van der Waals surface area (Å²) in [5, 5.41) is 17.5. The zero-order valence-electron chi connectivity index (χ0n) is 6.91. The van der Waals surface area contributed by atoms with Gasteiger partial charge in [0.25, 0.3) is 0 Å². The van der Waals surface area contributed by atoms with Gasteiger partial charge in [-0.2, -0.15) is 0 Å². The molecule has 11 heavy (non-hydrogen) atoms. The Morgan fingerprint density at radius 3 is 2.18 bits per heavy atom. The van der Waals surface area contributed by atoms with Gasteiger partial charge < -0.3 is 10.0 Å². The van der Waals surface area contributed by atoms with E-state index in [0.29, 0.717) is 5.47 Å². The molecule has 0 aromatic rings. The summed E-state index contributed by atoms with van der Waals surface area (Å²) in [6.07, 6.45) is 5.01. The van der Waals surface area contributed by atoms with Gasteiger partial charge in [0.2, 0.25) is 0 Å². The summed E-state index contributed by atoms with van der Waals surface area (Å²) in [5.41, 5.74) is 1.36.